The molecule has 0 spiro atoms. The first kappa shape index (κ1) is 14.2. The van der Waals surface area contributed by atoms with Gasteiger partial charge in [0.1, 0.15) is 5.03 Å². The fourth-order valence-electron chi connectivity index (χ4n) is 3.95. The average molecular weight is 340 g/mol. The number of nitrogens with one attached hydrogen (secondary N) is 1. The van der Waals surface area contributed by atoms with Crippen LogP contribution in [0.5, 0.6) is 0 Å². The summed E-state index contributed by atoms with van der Waals surface area (Å²) in [7, 11) is 0. The third-order valence-electron chi connectivity index (χ3n) is 5.13. The van der Waals surface area contributed by atoms with Crippen LogP contribution in [-0.4, -0.2) is 39.0 Å². The molecule has 2 fully saturated rings. The van der Waals surface area contributed by atoms with Gasteiger partial charge >= 0.3 is 5.97 Å². The zero-order valence-corrected chi connectivity index (χ0v) is 13.7. The van der Waals surface area contributed by atoms with E-state index in [4.69, 9.17) is 5.11 Å². The van der Waals surface area contributed by atoms with Gasteiger partial charge in [0.05, 0.1) is 11.6 Å². The number of piperidine rings is 1. The van der Waals surface area contributed by atoms with E-state index >= 15 is 0 Å². The number of carboxylic acid groups (broad SMARTS) is 1. The highest BCUT2D eigenvalue weighted by molar-refractivity contribution is 7.99. The molecule has 1 aromatic heterocycles. The Hall–Kier alpha value is -2.12. The van der Waals surface area contributed by atoms with Gasteiger partial charge in [-0.25, -0.2) is 9.97 Å². The first-order valence-corrected chi connectivity index (χ1v) is 8.84. The summed E-state index contributed by atoms with van der Waals surface area (Å²) in [6.07, 6.45) is 3.40. The predicted octanol–water partition coefficient (Wildman–Crippen LogP) is 2.45. The Morgan fingerprint density at radius 3 is 2.88 bits per heavy atom. The second-order valence-electron chi connectivity index (χ2n) is 6.65. The summed E-state index contributed by atoms with van der Waals surface area (Å²) in [6, 6.07) is 6.43. The van der Waals surface area contributed by atoms with Gasteiger partial charge in [-0.2, -0.15) is 0 Å². The van der Waals surface area contributed by atoms with Crippen LogP contribution >= 0.6 is 11.8 Å². The van der Waals surface area contributed by atoms with Crippen molar-refractivity contribution in [3.8, 4) is 0 Å². The number of anilines is 2. The summed E-state index contributed by atoms with van der Waals surface area (Å²) >= 11 is 1.63. The van der Waals surface area contributed by atoms with E-state index in [-0.39, 0.29) is 5.92 Å². The van der Waals surface area contributed by atoms with Gasteiger partial charge in [0.25, 0.3) is 0 Å². The Labute approximate surface area is 143 Å². The molecule has 2 aromatic rings. The van der Waals surface area contributed by atoms with Crippen molar-refractivity contribution in [2.45, 2.75) is 16.5 Å². The van der Waals surface area contributed by atoms with Gasteiger partial charge in [0, 0.05) is 36.9 Å². The molecule has 2 N–H and O–H groups in total. The lowest BCUT2D eigenvalue weighted by atomic mass is 10.1. The van der Waals surface area contributed by atoms with Gasteiger partial charge in [-0.15, -0.1) is 0 Å². The number of nitrogens with zero attached hydrogens (tertiary/aromatic N) is 3. The van der Waals surface area contributed by atoms with E-state index in [9.17, 15) is 4.79 Å². The summed E-state index contributed by atoms with van der Waals surface area (Å²) in [6.45, 7) is 2.66. The summed E-state index contributed by atoms with van der Waals surface area (Å²) in [4.78, 5) is 23.2. The highest BCUT2D eigenvalue weighted by Crippen LogP contribution is 2.52. The lowest BCUT2D eigenvalue weighted by molar-refractivity contribution is -0.139. The van der Waals surface area contributed by atoms with Crippen LogP contribution in [0, 0.1) is 17.8 Å². The van der Waals surface area contributed by atoms with Crippen LogP contribution in [-0.2, 0) is 11.3 Å². The third-order valence-corrected chi connectivity index (χ3v) is 6.20. The van der Waals surface area contributed by atoms with Crippen LogP contribution < -0.4 is 5.32 Å². The molecule has 6 nitrogen and oxygen atoms in total. The Bertz CT molecular complexity index is 831. The number of benzene rings is 1. The molecule has 24 heavy (non-hydrogen) atoms. The van der Waals surface area contributed by atoms with Crippen molar-refractivity contribution in [3.05, 3.63) is 36.2 Å². The largest absolute Gasteiger partial charge is 0.481 e. The summed E-state index contributed by atoms with van der Waals surface area (Å²) < 4.78 is 0. The summed E-state index contributed by atoms with van der Waals surface area (Å²) in [5, 5.41) is 13.4. The number of carboxylic acids is 1. The van der Waals surface area contributed by atoms with Crippen LogP contribution in [0.4, 0.5) is 11.5 Å². The van der Waals surface area contributed by atoms with Crippen molar-refractivity contribution in [1.82, 2.24) is 14.9 Å². The first-order chi connectivity index (χ1) is 11.7. The first-order valence-electron chi connectivity index (χ1n) is 8.03. The van der Waals surface area contributed by atoms with Crippen LogP contribution in [0.3, 0.4) is 0 Å². The van der Waals surface area contributed by atoms with Crippen molar-refractivity contribution < 1.29 is 9.90 Å². The summed E-state index contributed by atoms with van der Waals surface area (Å²) in [5.74, 6) is 0.795. The van der Waals surface area contributed by atoms with Gasteiger partial charge in [-0.05, 0) is 29.5 Å². The zero-order chi connectivity index (χ0) is 16.3. The number of fused-ring (bicyclic) bond motifs is 3. The molecular formula is C17H16N4O2S. The molecule has 7 heteroatoms. The number of rotatable bonds is 3. The van der Waals surface area contributed by atoms with Gasteiger partial charge in [0.15, 0.2) is 5.82 Å². The summed E-state index contributed by atoms with van der Waals surface area (Å²) in [5.41, 5.74) is 2.31. The highest BCUT2D eigenvalue weighted by Gasteiger charge is 2.59. The number of hydrogen-bond acceptors (Lipinski definition) is 6. The third kappa shape index (κ3) is 2.27. The molecule has 3 heterocycles. The molecule has 2 unspecified atom stereocenters. The Morgan fingerprint density at radius 1 is 1.29 bits per heavy atom. The SMILES string of the molecule is O=C(O)C1C2CN(Cc3ccc4c(c3)Nc3nccnc3S4)CC21. The minimum Gasteiger partial charge on any atom is -0.481 e. The van der Waals surface area contributed by atoms with Crippen LogP contribution in [0.15, 0.2) is 40.5 Å². The van der Waals surface area contributed by atoms with Crippen molar-refractivity contribution >= 4 is 29.2 Å². The molecule has 1 saturated heterocycles. The number of hydrogen-bond donors (Lipinski definition) is 2. The maximum absolute atomic E-state index is 11.1. The highest BCUT2D eigenvalue weighted by atomic mass is 32.2. The Kier molecular flexibility index (Phi) is 3.08. The van der Waals surface area contributed by atoms with E-state index in [1.165, 1.54) is 5.56 Å². The van der Waals surface area contributed by atoms with E-state index in [1.807, 2.05) is 0 Å². The minimum atomic E-state index is -0.626. The van der Waals surface area contributed by atoms with E-state index in [0.29, 0.717) is 11.8 Å². The van der Waals surface area contributed by atoms with Crippen LogP contribution in [0.2, 0.25) is 0 Å². The van der Waals surface area contributed by atoms with Crippen molar-refractivity contribution in [2.75, 3.05) is 18.4 Å². The van der Waals surface area contributed by atoms with Gasteiger partial charge < -0.3 is 10.4 Å². The number of aliphatic carboxylic acids is 1. The Morgan fingerprint density at radius 2 is 2.08 bits per heavy atom. The number of carbonyl (C=O) groups is 1. The van der Waals surface area contributed by atoms with Crippen molar-refractivity contribution in [1.29, 1.82) is 0 Å². The minimum absolute atomic E-state index is 0.0991. The number of likely N-dealkylation sites (tertiary alicyclic amines) is 1. The molecule has 2 atom stereocenters. The second kappa shape index (κ2) is 5.19. The fourth-order valence-corrected chi connectivity index (χ4v) is 4.83. The maximum Gasteiger partial charge on any atom is 0.307 e. The molecule has 0 radical (unpaired) electrons. The average Bonchev–Trinajstić information content (AvgIpc) is 3.10. The topological polar surface area (TPSA) is 78.4 Å². The van der Waals surface area contributed by atoms with Crippen LogP contribution in [0.25, 0.3) is 0 Å². The van der Waals surface area contributed by atoms with Crippen molar-refractivity contribution in [3.63, 3.8) is 0 Å². The van der Waals surface area contributed by atoms with E-state index in [1.54, 1.807) is 24.2 Å². The molecule has 1 saturated carbocycles. The lowest BCUT2D eigenvalue weighted by Crippen LogP contribution is -2.25. The molecule has 0 amide bonds. The monoisotopic (exact) mass is 340 g/mol. The van der Waals surface area contributed by atoms with Crippen LogP contribution in [0.1, 0.15) is 5.56 Å². The molecule has 5 rings (SSSR count). The fraction of sp³-hybridized carbons (Fsp3) is 0.353. The number of aromatic nitrogens is 2. The lowest BCUT2D eigenvalue weighted by Gasteiger charge is -2.22. The molecular weight excluding hydrogens is 324 g/mol. The zero-order valence-electron chi connectivity index (χ0n) is 12.8. The molecule has 1 aromatic carbocycles. The standard InChI is InChI=1S/C17H16N4O2S/c22-17(23)14-10-7-21(8-11(10)14)6-9-1-2-13-12(5-9)20-15-16(24-13)19-4-3-18-15/h1-5,10-11,14H,6-8H2,(H,18,20)(H,22,23). The van der Waals surface area contributed by atoms with Gasteiger partial charge in [-0.1, -0.05) is 17.8 Å². The normalized spacial score (nSPS) is 26.9. The molecule has 1 aliphatic carbocycles. The molecule has 122 valence electrons. The van der Waals surface area contributed by atoms with Gasteiger partial charge in [-0.3, -0.25) is 9.69 Å². The predicted molar refractivity (Wildman–Crippen MR) is 89.3 cm³/mol. The van der Waals surface area contributed by atoms with E-state index in [0.717, 1.165) is 41.1 Å². The van der Waals surface area contributed by atoms with E-state index < -0.39 is 5.97 Å². The Balaban J connectivity index is 1.29. The van der Waals surface area contributed by atoms with E-state index in [2.05, 4.69) is 38.4 Å². The van der Waals surface area contributed by atoms with Crippen molar-refractivity contribution in [2.24, 2.45) is 17.8 Å². The molecule has 0 bridgehead atoms. The second-order valence-corrected chi connectivity index (χ2v) is 7.68. The van der Waals surface area contributed by atoms with Gasteiger partial charge in [0.2, 0.25) is 0 Å². The quantitative estimate of drug-likeness (QED) is 0.758. The smallest absolute Gasteiger partial charge is 0.307 e. The molecule has 3 aliphatic rings. The maximum atomic E-state index is 11.1. The molecule has 2 aliphatic heterocycles.